The fraction of sp³-hybridized carbons (Fsp3) is 0.318. The molecule has 0 aliphatic rings. The predicted molar refractivity (Wildman–Crippen MR) is 114 cm³/mol. The van der Waals surface area contributed by atoms with Gasteiger partial charge in [0.2, 0.25) is 11.8 Å². The van der Waals surface area contributed by atoms with E-state index in [1.807, 2.05) is 20.8 Å². The van der Waals surface area contributed by atoms with E-state index in [9.17, 15) is 14.4 Å². The topological polar surface area (TPSA) is 96.5 Å². The SMILES string of the molecule is CCCOC(=O)c1ccc(NCC(=O)Nc2cccc(NC(=O)C(C)C)c2)cc1. The summed E-state index contributed by atoms with van der Waals surface area (Å²) in [6, 6.07) is 13.7. The van der Waals surface area contributed by atoms with Gasteiger partial charge in [-0.15, -0.1) is 0 Å². The van der Waals surface area contributed by atoms with E-state index in [0.29, 0.717) is 29.2 Å². The number of carbonyl (C=O) groups excluding carboxylic acids is 3. The summed E-state index contributed by atoms with van der Waals surface area (Å²) in [5.74, 6) is -0.807. The number of amides is 2. The van der Waals surface area contributed by atoms with E-state index in [2.05, 4.69) is 16.0 Å². The standard InChI is InChI=1S/C22H27N3O4/c1-4-12-29-22(28)16-8-10-17(11-9-16)23-14-20(26)24-18-6-5-7-19(13-18)25-21(27)15(2)3/h5-11,13,15,23H,4,12,14H2,1-3H3,(H,24,26)(H,25,27). The molecule has 2 aromatic rings. The smallest absolute Gasteiger partial charge is 0.338 e. The summed E-state index contributed by atoms with van der Waals surface area (Å²) in [5, 5.41) is 8.58. The third-order valence-corrected chi connectivity index (χ3v) is 3.95. The summed E-state index contributed by atoms with van der Waals surface area (Å²) < 4.78 is 5.08. The molecule has 2 rings (SSSR count). The number of benzene rings is 2. The molecule has 2 aromatic carbocycles. The van der Waals surface area contributed by atoms with Gasteiger partial charge < -0.3 is 20.7 Å². The van der Waals surface area contributed by atoms with Crippen molar-refractivity contribution in [2.75, 3.05) is 29.1 Å². The molecule has 7 heteroatoms. The van der Waals surface area contributed by atoms with Gasteiger partial charge in [0.1, 0.15) is 0 Å². The van der Waals surface area contributed by atoms with Crippen molar-refractivity contribution in [1.82, 2.24) is 0 Å². The Morgan fingerprint density at radius 3 is 2.21 bits per heavy atom. The van der Waals surface area contributed by atoms with Crippen LogP contribution < -0.4 is 16.0 Å². The summed E-state index contributed by atoms with van der Waals surface area (Å²) in [7, 11) is 0. The second kappa shape index (κ2) is 10.8. The Morgan fingerprint density at radius 1 is 0.931 bits per heavy atom. The number of rotatable bonds is 9. The number of nitrogens with one attached hydrogen (secondary N) is 3. The number of hydrogen-bond donors (Lipinski definition) is 3. The Morgan fingerprint density at radius 2 is 1.59 bits per heavy atom. The minimum Gasteiger partial charge on any atom is -0.462 e. The minimum atomic E-state index is -0.361. The van der Waals surface area contributed by atoms with Gasteiger partial charge in [-0.05, 0) is 48.9 Å². The van der Waals surface area contributed by atoms with Gasteiger partial charge >= 0.3 is 5.97 Å². The third kappa shape index (κ3) is 7.29. The Kier molecular flexibility index (Phi) is 8.21. The zero-order valence-corrected chi connectivity index (χ0v) is 17.0. The molecule has 0 spiro atoms. The van der Waals surface area contributed by atoms with Crippen LogP contribution in [0.4, 0.5) is 17.1 Å². The average Bonchev–Trinajstić information content (AvgIpc) is 2.71. The molecule has 2 amide bonds. The number of esters is 1. The van der Waals surface area contributed by atoms with Crippen molar-refractivity contribution in [1.29, 1.82) is 0 Å². The molecule has 29 heavy (non-hydrogen) atoms. The Balaban J connectivity index is 1.85. The number of carbonyl (C=O) groups is 3. The summed E-state index contributed by atoms with van der Waals surface area (Å²) >= 11 is 0. The van der Waals surface area contributed by atoms with Gasteiger partial charge in [-0.2, -0.15) is 0 Å². The fourth-order valence-electron chi connectivity index (χ4n) is 2.35. The minimum absolute atomic E-state index is 0.0577. The number of ether oxygens (including phenoxy) is 1. The molecule has 0 fully saturated rings. The first-order valence-corrected chi connectivity index (χ1v) is 9.61. The summed E-state index contributed by atoms with van der Waals surface area (Å²) in [4.78, 5) is 35.8. The van der Waals surface area contributed by atoms with Crippen molar-refractivity contribution < 1.29 is 19.1 Å². The highest BCUT2D eigenvalue weighted by Gasteiger charge is 2.09. The largest absolute Gasteiger partial charge is 0.462 e. The van der Waals surface area contributed by atoms with Crippen molar-refractivity contribution >= 4 is 34.8 Å². The maximum absolute atomic E-state index is 12.2. The zero-order valence-electron chi connectivity index (χ0n) is 17.0. The second-order valence-corrected chi connectivity index (χ2v) is 6.84. The van der Waals surface area contributed by atoms with Crippen LogP contribution in [0.2, 0.25) is 0 Å². The normalized spacial score (nSPS) is 10.3. The number of hydrogen-bond acceptors (Lipinski definition) is 5. The van der Waals surface area contributed by atoms with E-state index in [1.54, 1.807) is 48.5 Å². The van der Waals surface area contributed by atoms with Gasteiger partial charge in [0.15, 0.2) is 0 Å². The third-order valence-electron chi connectivity index (χ3n) is 3.95. The highest BCUT2D eigenvalue weighted by atomic mass is 16.5. The highest BCUT2D eigenvalue weighted by molar-refractivity contribution is 5.96. The van der Waals surface area contributed by atoms with Crippen LogP contribution in [0.3, 0.4) is 0 Å². The van der Waals surface area contributed by atoms with E-state index >= 15 is 0 Å². The molecule has 0 heterocycles. The second-order valence-electron chi connectivity index (χ2n) is 6.84. The Bertz CT molecular complexity index is 847. The molecule has 0 bridgehead atoms. The average molecular weight is 397 g/mol. The van der Waals surface area contributed by atoms with Gasteiger partial charge in [0.05, 0.1) is 18.7 Å². The molecule has 7 nitrogen and oxygen atoms in total. The summed E-state index contributed by atoms with van der Waals surface area (Å²) in [6.07, 6.45) is 0.771. The highest BCUT2D eigenvalue weighted by Crippen LogP contribution is 2.16. The molecule has 0 aliphatic carbocycles. The monoisotopic (exact) mass is 397 g/mol. The lowest BCUT2D eigenvalue weighted by molar-refractivity contribution is -0.119. The van der Waals surface area contributed by atoms with E-state index in [-0.39, 0.29) is 30.2 Å². The van der Waals surface area contributed by atoms with Crippen molar-refractivity contribution in [2.45, 2.75) is 27.2 Å². The van der Waals surface area contributed by atoms with Crippen molar-refractivity contribution in [3.8, 4) is 0 Å². The van der Waals surface area contributed by atoms with Crippen LogP contribution in [0.15, 0.2) is 48.5 Å². The molecule has 0 unspecified atom stereocenters. The van der Waals surface area contributed by atoms with Crippen LogP contribution in [0.5, 0.6) is 0 Å². The lowest BCUT2D eigenvalue weighted by Gasteiger charge is -2.11. The number of anilines is 3. The van der Waals surface area contributed by atoms with Crippen LogP contribution in [-0.2, 0) is 14.3 Å². The zero-order chi connectivity index (χ0) is 21.2. The van der Waals surface area contributed by atoms with E-state index in [4.69, 9.17) is 4.74 Å². The lowest BCUT2D eigenvalue weighted by atomic mass is 10.2. The van der Waals surface area contributed by atoms with Crippen LogP contribution in [-0.4, -0.2) is 30.9 Å². The predicted octanol–water partition coefficient (Wildman–Crippen LogP) is 3.90. The first kappa shape index (κ1) is 21.9. The van der Waals surface area contributed by atoms with Crippen molar-refractivity contribution in [2.24, 2.45) is 5.92 Å². The fourth-order valence-corrected chi connectivity index (χ4v) is 2.35. The maximum Gasteiger partial charge on any atom is 0.338 e. The maximum atomic E-state index is 12.2. The molecule has 0 radical (unpaired) electrons. The van der Waals surface area contributed by atoms with E-state index in [0.717, 1.165) is 6.42 Å². The van der Waals surface area contributed by atoms with Crippen LogP contribution in [0.25, 0.3) is 0 Å². The van der Waals surface area contributed by atoms with E-state index in [1.165, 1.54) is 0 Å². The first-order valence-electron chi connectivity index (χ1n) is 9.61. The first-order chi connectivity index (χ1) is 13.9. The van der Waals surface area contributed by atoms with Gasteiger partial charge in [-0.25, -0.2) is 4.79 Å². The molecule has 0 aromatic heterocycles. The molecular formula is C22H27N3O4. The van der Waals surface area contributed by atoms with Gasteiger partial charge in [-0.1, -0.05) is 26.8 Å². The molecule has 0 saturated heterocycles. The Hall–Kier alpha value is -3.35. The lowest BCUT2D eigenvalue weighted by Crippen LogP contribution is -2.22. The summed E-state index contributed by atoms with van der Waals surface area (Å²) in [5.41, 5.74) is 2.39. The van der Waals surface area contributed by atoms with Gasteiger partial charge in [0.25, 0.3) is 0 Å². The molecule has 3 N–H and O–H groups in total. The molecule has 154 valence electrons. The van der Waals surface area contributed by atoms with Gasteiger partial charge in [-0.3, -0.25) is 9.59 Å². The van der Waals surface area contributed by atoms with Gasteiger partial charge in [0, 0.05) is 23.0 Å². The molecule has 0 saturated carbocycles. The molecule has 0 atom stereocenters. The van der Waals surface area contributed by atoms with Crippen molar-refractivity contribution in [3.63, 3.8) is 0 Å². The van der Waals surface area contributed by atoms with Crippen LogP contribution in [0.1, 0.15) is 37.6 Å². The van der Waals surface area contributed by atoms with E-state index < -0.39 is 0 Å². The Labute approximate surface area is 170 Å². The van der Waals surface area contributed by atoms with Crippen molar-refractivity contribution in [3.05, 3.63) is 54.1 Å². The van der Waals surface area contributed by atoms with Crippen LogP contribution >= 0.6 is 0 Å². The van der Waals surface area contributed by atoms with Crippen LogP contribution in [0, 0.1) is 5.92 Å². The molecular weight excluding hydrogens is 370 g/mol. The quantitative estimate of drug-likeness (QED) is 0.558. The summed E-state index contributed by atoms with van der Waals surface area (Å²) in [6.45, 7) is 6.01. The molecule has 0 aliphatic heterocycles.